The number of aliphatic hydroxyl groups excluding tert-OH is 1. The maximum absolute atomic E-state index is 14.6. The van der Waals surface area contributed by atoms with Crippen LogP contribution in [0, 0.1) is 18.6 Å². The molecular formula is C28H33F2N3O3. The highest BCUT2D eigenvalue weighted by molar-refractivity contribution is 5.43. The summed E-state index contributed by atoms with van der Waals surface area (Å²) in [6.07, 6.45) is 4.65. The van der Waals surface area contributed by atoms with Gasteiger partial charge in [0.1, 0.15) is 5.82 Å². The highest BCUT2D eigenvalue weighted by Crippen LogP contribution is 2.33. The minimum Gasteiger partial charge on any atom is -0.435 e. The molecule has 1 saturated heterocycles. The van der Waals surface area contributed by atoms with Crippen LogP contribution >= 0.6 is 0 Å². The van der Waals surface area contributed by atoms with Crippen LogP contribution in [-0.2, 0) is 11.3 Å². The quantitative estimate of drug-likeness (QED) is 0.332. The Morgan fingerprint density at radius 2 is 2.08 bits per heavy atom. The summed E-state index contributed by atoms with van der Waals surface area (Å²) < 4.78 is 41.7. The van der Waals surface area contributed by atoms with Crippen LogP contribution in [0.1, 0.15) is 36.9 Å². The molecule has 2 heterocycles. The fourth-order valence-electron chi connectivity index (χ4n) is 4.43. The predicted molar refractivity (Wildman–Crippen MR) is 134 cm³/mol. The van der Waals surface area contributed by atoms with Crippen LogP contribution in [0.2, 0.25) is 0 Å². The average molecular weight is 498 g/mol. The molecule has 6 nitrogen and oxygen atoms in total. The lowest BCUT2D eigenvalue weighted by molar-refractivity contribution is 0.0442. The van der Waals surface area contributed by atoms with E-state index in [1.807, 2.05) is 37.3 Å². The van der Waals surface area contributed by atoms with Gasteiger partial charge in [-0.3, -0.25) is 4.90 Å². The first-order valence-electron chi connectivity index (χ1n) is 12.3. The van der Waals surface area contributed by atoms with Crippen molar-refractivity contribution in [1.29, 1.82) is 0 Å². The number of rotatable bonds is 12. The third-order valence-electron chi connectivity index (χ3n) is 6.28. The summed E-state index contributed by atoms with van der Waals surface area (Å²) in [6.45, 7) is 7.86. The molecule has 2 atom stereocenters. The third-order valence-corrected chi connectivity index (χ3v) is 6.28. The molecule has 4 rings (SSSR count). The number of aromatic nitrogens is 2. The third kappa shape index (κ3) is 6.57. The Labute approximate surface area is 210 Å². The first-order valence-corrected chi connectivity index (χ1v) is 12.3. The number of benzene rings is 2. The van der Waals surface area contributed by atoms with E-state index in [0.29, 0.717) is 37.6 Å². The van der Waals surface area contributed by atoms with E-state index in [1.165, 1.54) is 6.07 Å². The Balaban J connectivity index is 1.68. The van der Waals surface area contributed by atoms with Crippen molar-refractivity contribution in [2.75, 3.05) is 19.7 Å². The van der Waals surface area contributed by atoms with Crippen LogP contribution in [0.3, 0.4) is 0 Å². The Morgan fingerprint density at radius 1 is 1.28 bits per heavy atom. The first-order chi connectivity index (χ1) is 17.4. The molecule has 1 aromatic heterocycles. The second kappa shape index (κ2) is 12.3. The molecule has 1 N–H and O–H groups in total. The van der Waals surface area contributed by atoms with Gasteiger partial charge in [0.2, 0.25) is 5.88 Å². The summed E-state index contributed by atoms with van der Waals surface area (Å²) in [7, 11) is 0. The Bertz CT molecular complexity index is 1150. The number of aliphatic hydroxyl groups is 1. The van der Waals surface area contributed by atoms with E-state index in [4.69, 9.17) is 14.6 Å². The van der Waals surface area contributed by atoms with Crippen molar-refractivity contribution in [3.63, 3.8) is 0 Å². The van der Waals surface area contributed by atoms with Gasteiger partial charge in [0.15, 0.2) is 11.6 Å². The molecule has 0 bridgehead atoms. The number of ether oxygens (including phenoxy) is 2. The molecule has 192 valence electrons. The zero-order chi connectivity index (χ0) is 25.5. The highest BCUT2D eigenvalue weighted by Gasteiger charge is 2.26. The van der Waals surface area contributed by atoms with Crippen LogP contribution in [0.4, 0.5) is 8.78 Å². The number of para-hydroxylation sites is 1. The standard InChI is InChI=1S/C28H33F2N3O3/c1-3-4-11-23(34)17-32(18-24-12-8-15-35-24)19-25-20(2)31-33(22-9-6-5-7-10-22)28(25)36-27-14-13-21(29)16-26(27)30/h3,5-7,9-10,13-14,16,23-24,34H,1,4,8,11-12,15,17-19H2,2H3. The van der Waals surface area contributed by atoms with Crippen molar-refractivity contribution in [3.8, 4) is 17.3 Å². The summed E-state index contributed by atoms with van der Waals surface area (Å²) in [6, 6.07) is 12.7. The first kappa shape index (κ1) is 26.0. The maximum Gasteiger partial charge on any atom is 0.227 e. The van der Waals surface area contributed by atoms with Crippen molar-refractivity contribution in [3.05, 3.63) is 84.1 Å². The van der Waals surface area contributed by atoms with E-state index < -0.39 is 17.7 Å². The lowest BCUT2D eigenvalue weighted by Crippen LogP contribution is -2.37. The molecule has 8 heteroatoms. The van der Waals surface area contributed by atoms with Crippen molar-refractivity contribution in [2.24, 2.45) is 0 Å². The van der Waals surface area contributed by atoms with Gasteiger partial charge < -0.3 is 14.6 Å². The monoisotopic (exact) mass is 497 g/mol. The van der Waals surface area contributed by atoms with Gasteiger partial charge in [0, 0.05) is 32.3 Å². The smallest absolute Gasteiger partial charge is 0.227 e. The van der Waals surface area contributed by atoms with Gasteiger partial charge in [-0.15, -0.1) is 6.58 Å². The van der Waals surface area contributed by atoms with Crippen molar-refractivity contribution < 1.29 is 23.4 Å². The van der Waals surface area contributed by atoms with Gasteiger partial charge in [0.05, 0.1) is 29.2 Å². The Morgan fingerprint density at radius 3 is 2.78 bits per heavy atom. The van der Waals surface area contributed by atoms with Gasteiger partial charge >= 0.3 is 0 Å². The minimum absolute atomic E-state index is 0.0833. The van der Waals surface area contributed by atoms with Crippen LogP contribution in [-0.4, -0.2) is 51.7 Å². The second-order valence-corrected chi connectivity index (χ2v) is 9.14. The normalized spacial score (nSPS) is 16.4. The number of hydrogen-bond donors (Lipinski definition) is 1. The molecule has 0 radical (unpaired) electrons. The zero-order valence-corrected chi connectivity index (χ0v) is 20.6. The average Bonchev–Trinajstić information content (AvgIpc) is 3.48. The molecule has 36 heavy (non-hydrogen) atoms. The minimum atomic E-state index is -0.796. The van der Waals surface area contributed by atoms with Crippen molar-refractivity contribution >= 4 is 0 Å². The van der Waals surface area contributed by atoms with E-state index in [1.54, 1.807) is 10.8 Å². The van der Waals surface area contributed by atoms with Gasteiger partial charge in [-0.05, 0) is 56.9 Å². The summed E-state index contributed by atoms with van der Waals surface area (Å²) in [4.78, 5) is 2.14. The van der Waals surface area contributed by atoms with Gasteiger partial charge in [-0.2, -0.15) is 5.10 Å². The van der Waals surface area contributed by atoms with Crippen LogP contribution in [0.15, 0.2) is 61.2 Å². The van der Waals surface area contributed by atoms with Gasteiger partial charge in [0.25, 0.3) is 0 Å². The Kier molecular flexibility index (Phi) is 8.85. The topological polar surface area (TPSA) is 59.8 Å². The number of aryl methyl sites for hydroxylation is 1. The molecule has 0 amide bonds. The number of halogens is 2. The van der Waals surface area contributed by atoms with E-state index in [0.717, 1.165) is 49.3 Å². The highest BCUT2D eigenvalue weighted by atomic mass is 19.1. The second-order valence-electron chi connectivity index (χ2n) is 9.14. The molecule has 3 aromatic rings. The predicted octanol–water partition coefficient (Wildman–Crippen LogP) is 5.56. The summed E-state index contributed by atoms with van der Waals surface area (Å²) >= 11 is 0. The molecule has 1 fully saturated rings. The molecular weight excluding hydrogens is 464 g/mol. The van der Waals surface area contributed by atoms with E-state index >= 15 is 0 Å². The largest absolute Gasteiger partial charge is 0.435 e. The van der Waals surface area contributed by atoms with Crippen molar-refractivity contribution in [2.45, 2.75) is 51.4 Å². The van der Waals surface area contributed by atoms with Crippen LogP contribution < -0.4 is 4.74 Å². The van der Waals surface area contributed by atoms with Gasteiger partial charge in [-0.1, -0.05) is 24.3 Å². The van der Waals surface area contributed by atoms with E-state index in [9.17, 15) is 13.9 Å². The lowest BCUT2D eigenvalue weighted by atomic mass is 10.1. The maximum atomic E-state index is 14.6. The molecule has 2 aromatic carbocycles. The molecule has 0 saturated carbocycles. The van der Waals surface area contributed by atoms with Crippen LogP contribution in [0.5, 0.6) is 11.6 Å². The van der Waals surface area contributed by atoms with E-state index in [-0.39, 0.29) is 11.9 Å². The summed E-state index contributed by atoms with van der Waals surface area (Å²) in [5.41, 5.74) is 2.23. The Hall–Kier alpha value is -3.07. The lowest BCUT2D eigenvalue weighted by Gasteiger charge is -2.27. The molecule has 1 aliphatic heterocycles. The van der Waals surface area contributed by atoms with Crippen LogP contribution in [0.25, 0.3) is 5.69 Å². The fourth-order valence-corrected chi connectivity index (χ4v) is 4.43. The van der Waals surface area contributed by atoms with Gasteiger partial charge in [-0.25, -0.2) is 13.5 Å². The number of allylic oxidation sites excluding steroid dienone is 1. The SMILES string of the molecule is C=CCCC(O)CN(Cc1c(C)nn(-c2ccccc2)c1Oc1ccc(F)cc1F)CC1CCCO1. The van der Waals surface area contributed by atoms with Crippen molar-refractivity contribution in [1.82, 2.24) is 14.7 Å². The summed E-state index contributed by atoms with van der Waals surface area (Å²) in [5, 5.41) is 15.4. The molecule has 0 spiro atoms. The molecule has 1 aliphatic rings. The van der Waals surface area contributed by atoms with E-state index in [2.05, 4.69) is 11.5 Å². The number of nitrogens with zero attached hydrogens (tertiary/aromatic N) is 3. The number of hydrogen-bond acceptors (Lipinski definition) is 5. The fraction of sp³-hybridized carbons (Fsp3) is 0.393. The molecule has 0 aliphatic carbocycles. The molecule has 2 unspecified atom stereocenters. The summed E-state index contributed by atoms with van der Waals surface area (Å²) in [5.74, 6) is -1.21. The zero-order valence-electron chi connectivity index (χ0n) is 20.6.